The Morgan fingerprint density at radius 1 is 1.27 bits per heavy atom. The first-order valence-corrected chi connectivity index (χ1v) is 4.27. The van der Waals surface area contributed by atoms with Crippen molar-refractivity contribution in [3.63, 3.8) is 0 Å². The Hall–Kier alpha value is -0.120. The monoisotopic (exact) mass is 159 g/mol. The maximum absolute atomic E-state index is 5.83. The van der Waals surface area contributed by atoms with E-state index in [9.17, 15) is 0 Å². The molecule has 3 heteroatoms. The van der Waals surface area contributed by atoms with Crippen molar-refractivity contribution in [2.45, 2.75) is 25.3 Å². The summed E-state index contributed by atoms with van der Waals surface area (Å²) < 4.78 is 0. The fourth-order valence-corrected chi connectivity index (χ4v) is 0.948. The summed E-state index contributed by atoms with van der Waals surface area (Å²) in [5.41, 5.74) is 11.2. The molecule has 0 radical (unpaired) electrons. The molecule has 0 heterocycles. The number of nitrogens with two attached hydrogens (primary N) is 2. The van der Waals surface area contributed by atoms with Gasteiger partial charge in [0, 0.05) is 6.04 Å². The van der Waals surface area contributed by atoms with E-state index in [-0.39, 0.29) is 0 Å². The first-order chi connectivity index (χ1) is 5.16. The van der Waals surface area contributed by atoms with Crippen molar-refractivity contribution < 1.29 is 0 Å². The van der Waals surface area contributed by atoms with Crippen LogP contribution in [0, 0.1) is 0 Å². The van der Waals surface area contributed by atoms with Crippen LogP contribution in [-0.2, 0) is 0 Å². The summed E-state index contributed by atoms with van der Waals surface area (Å²) >= 11 is 0. The smallest absolute Gasteiger partial charge is 0.00514 e. The lowest BCUT2D eigenvalue weighted by atomic mass is 10.1. The van der Waals surface area contributed by atoms with Gasteiger partial charge in [-0.3, -0.25) is 0 Å². The maximum Gasteiger partial charge on any atom is 0.00514 e. The van der Waals surface area contributed by atoms with Crippen LogP contribution < -0.4 is 11.5 Å². The quantitative estimate of drug-likeness (QED) is 0.574. The molecule has 0 aliphatic rings. The second kappa shape index (κ2) is 6.58. The van der Waals surface area contributed by atoms with Gasteiger partial charge in [-0.15, -0.1) is 0 Å². The van der Waals surface area contributed by atoms with Gasteiger partial charge in [-0.25, -0.2) is 0 Å². The van der Waals surface area contributed by atoms with E-state index in [0.29, 0.717) is 6.04 Å². The normalized spacial score (nSPS) is 13.9. The molecule has 68 valence electrons. The molecule has 0 aromatic heterocycles. The number of hydrogen-bond donors (Lipinski definition) is 2. The molecule has 0 aromatic rings. The molecule has 0 aliphatic carbocycles. The van der Waals surface area contributed by atoms with E-state index >= 15 is 0 Å². The molecule has 0 amide bonds. The third-order valence-corrected chi connectivity index (χ3v) is 1.73. The van der Waals surface area contributed by atoms with Crippen LogP contribution in [0.15, 0.2) is 0 Å². The van der Waals surface area contributed by atoms with Crippen molar-refractivity contribution >= 4 is 0 Å². The molecule has 3 nitrogen and oxygen atoms in total. The van der Waals surface area contributed by atoms with Gasteiger partial charge in [0.05, 0.1) is 0 Å². The summed E-state index contributed by atoms with van der Waals surface area (Å²) in [7, 11) is 4.13. The molecular formula is C8H21N3. The van der Waals surface area contributed by atoms with E-state index in [4.69, 9.17) is 11.5 Å². The summed E-state index contributed by atoms with van der Waals surface area (Å²) in [4.78, 5) is 2.16. The first kappa shape index (κ1) is 10.9. The van der Waals surface area contributed by atoms with Crippen molar-refractivity contribution in [2.75, 3.05) is 27.2 Å². The van der Waals surface area contributed by atoms with Gasteiger partial charge in [0.25, 0.3) is 0 Å². The molecule has 0 bridgehead atoms. The fraction of sp³-hybridized carbons (Fsp3) is 1.00. The number of hydrogen-bond acceptors (Lipinski definition) is 3. The zero-order valence-corrected chi connectivity index (χ0v) is 7.71. The van der Waals surface area contributed by atoms with Gasteiger partial charge in [0.15, 0.2) is 0 Å². The van der Waals surface area contributed by atoms with Crippen LogP contribution in [0.2, 0.25) is 0 Å². The van der Waals surface area contributed by atoms with Crippen molar-refractivity contribution in [3.8, 4) is 0 Å². The van der Waals surface area contributed by atoms with E-state index in [1.54, 1.807) is 0 Å². The van der Waals surface area contributed by atoms with Crippen LogP contribution in [0.3, 0.4) is 0 Å². The number of nitrogens with zero attached hydrogens (tertiary/aromatic N) is 1. The Bertz CT molecular complexity index is 83.4. The lowest BCUT2D eigenvalue weighted by molar-refractivity contribution is 0.373. The largest absolute Gasteiger partial charge is 0.330 e. The Balaban J connectivity index is 3.15. The van der Waals surface area contributed by atoms with Crippen molar-refractivity contribution in [1.29, 1.82) is 0 Å². The van der Waals surface area contributed by atoms with Gasteiger partial charge >= 0.3 is 0 Å². The molecule has 0 saturated carbocycles. The van der Waals surface area contributed by atoms with E-state index in [0.717, 1.165) is 32.4 Å². The van der Waals surface area contributed by atoms with Gasteiger partial charge in [0.1, 0.15) is 0 Å². The van der Waals surface area contributed by atoms with Crippen LogP contribution in [0.4, 0.5) is 0 Å². The molecule has 0 spiro atoms. The van der Waals surface area contributed by atoms with Crippen LogP contribution in [0.25, 0.3) is 0 Å². The minimum absolute atomic E-state index is 0.334. The average Bonchev–Trinajstić information content (AvgIpc) is 1.97. The third-order valence-electron chi connectivity index (χ3n) is 1.73. The summed E-state index contributed by atoms with van der Waals surface area (Å²) in [6.07, 6.45) is 3.19. The molecule has 0 rings (SSSR count). The molecule has 1 unspecified atom stereocenters. The Morgan fingerprint density at radius 3 is 2.36 bits per heavy atom. The summed E-state index contributed by atoms with van der Waals surface area (Å²) in [5.74, 6) is 0. The van der Waals surface area contributed by atoms with Crippen LogP contribution in [0.5, 0.6) is 0 Å². The van der Waals surface area contributed by atoms with Crippen molar-refractivity contribution in [2.24, 2.45) is 11.5 Å². The second-order valence-corrected chi connectivity index (χ2v) is 3.28. The highest BCUT2D eigenvalue weighted by atomic mass is 15.0. The summed E-state index contributed by atoms with van der Waals surface area (Å²) in [5, 5.41) is 0. The van der Waals surface area contributed by atoms with Crippen LogP contribution >= 0.6 is 0 Å². The minimum atomic E-state index is 0.334. The van der Waals surface area contributed by atoms with Gasteiger partial charge < -0.3 is 16.4 Å². The predicted molar refractivity (Wildman–Crippen MR) is 49.4 cm³/mol. The van der Waals surface area contributed by atoms with Gasteiger partial charge in [0.2, 0.25) is 0 Å². The van der Waals surface area contributed by atoms with E-state index in [1.807, 2.05) is 0 Å². The number of rotatable bonds is 6. The van der Waals surface area contributed by atoms with E-state index < -0.39 is 0 Å². The Kier molecular flexibility index (Phi) is 6.51. The van der Waals surface area contributed by atoms with Crippen molar-refractivity contribution in [3.05, 3.63) is 0 Å². The fourth-order valence-electron chi connectivity index (χ4n) is 0.948. The lowest BCUT2D eigenvalue weighted by Crippen LogP contribution is -2.26. The zero-order valence-electron chi connectivity index (χ0n) is 7.71. The zero-order chi connectivity index (χ0) is 8.69. The van der Waals surface area contributed by atoms with Gasteiger partial charge in [-0.05, 0) is 46.4 Å². The molecule has 0 aromatic carbocycles. The summed E-state index contributed by atoms with van der Waals surface area (Å²) in [6, 6.07) is 0.334. The first-order valence-electron chi connectivity index (χ1n) is 4.27. The average molecular weight is 159 g/mol. The third kappa shape index (κ3) is 7.78. The molecule has 0 saturated heterocycles. The Morgan fingerprint density at radius 2 is 1.91 bits per heavy atom. The van der Waals surface area contributed by atoms with E-state index in [1.165, 1.54) is 0 Å². The predicted octanol–water partition coefficient (Wildman–Crippen LogP) is 0.00430. The maximum atomic E-state index is 5.83. The van der Waals surface area contributed by atoms with Crippen LogP contribution in [-0.4, -0.2) is 38.1 Å². The lowest BCUT2D eigenvalue weighted by Gasteiger charge is -2.14. The summed E-state index contributed by atoms with van der Waals surface area (Å²) in [6.45, 7) is 1.83. The standard InChI is InChI=1S/C8H21N3/c1-11(2)7-5-8(10)4-3-6-9/h8H,3-7,9-10H2,1-2H3. The van der Waals surface area contributed by atoms with E-state index in [2.05, 4.69) is 19.0 Å². The topological polar surface area (TPSA) is 55.3 Å². The second-order valence-electron chi connectivity index (χ2n) is 3.28. The SMILES string of the molecule is CN(C)CCC(N)CCCN. The van der Waals surface area contributed by atoms with Crippen LogP contribution in [0.1, 0.15) is 19.3 Å². The molecule has 1 atom stereocenters. The molecule has 0 aliphatic heterocycles. The molecule has 0 fully saturated rings. The molecule has 11 heavy (non-hydrogen) atoms. The van der Waals surface area contributed by atoms with Gasteiger partial charge in [-0.1, -0.05) is 0 Å². The minimum Gasteiger partial charge on any atom is -0.330 e. The molecule has 4 N–H and O–H groups in total. The van der Waals surface area contributed by atoms with Gasteiger partial charge in [-0.2, -0.15) is 0 Å². The highest BCUT2D eigenvalue weighted by Gasteiger charge is 2.01. The highest BCUT2D eigenvalue weighted by molar-refractivity contribution is 4.62. The highest BCUT2D eigenvalue weighted by Crippen LogP contribution is 1.97. The Labute approximate surface area is 69.7 Å². The van der Waals surface area contributed by atoms with Crippen molar-refractivity contribution in [1.82, 2.24) is 4.90 Å². The molecular weight excluding hydrogens is 138 g/mol.